The van der Waals surface area contributed by atoms with Crippen molar-refractivity contribution in [2.24, 2.45) is 0 Å². The van der Waals surface area contributed by atoms with Crippen LogP contribution >= 0.6 is 0 Å². The molecule has 1 fully saturated rings. The zero-order valence-electron chi connectivity index (χ0n) is 8.09. The number of nitrogens with one attached hydrogen (secondary N) is 2. The molecule has 0 spiro atoms. The fraction of sp³-hybridized carbons (Fsp3) is 0.333. The van der Waals surface area contributed by atoms with E-state index in [-0.39, 0.29) is 0 Å². The molecule has 1 aromatic carbocycles. The molecule has 3 rings (SSSR count). The van der Waals surface area contributed by atoms with Crippen molar-refractivity contribution in [2.45, 2.75) is 25.4 Å². The van der Waals surface area contributed by atoms with Gasteiger partial charge in [-0.3, -0.25) is 0 Å². The first-order valence-corrected chi connectivity index (χ1v) is 5.22. The van der Waals surface area contributed by atoms with Crippen LogP contribution in [-0.2, 0) is 6.54 Å². The lowest BCUT2D eigenvalue weighted by molar-refractivity contribution is 0.678. The Hall–Kier alpha value is -1.28. The van der Waals surface area contributed by atoms with Crippen LogP contribution in [0.3, 0.4) is 0 Å². The lowest BCUT2D eigenvalue weighted by Gasteiger charge is -1.98. The maximum absolute atomic E-state index is 3.50. The van der Waals surface area contributed by atoms with E-state index >= 15 is 0 Å². The second-order valence-electron chi connectivity index (χ2n) is 4.04. The summed E-state index contributed by atoms with van der Waals surface area (Å²) in [6.45, 7) is 0.972. The fourth-order valence-corrected chi connectivity index (χ4v) is 1.77. The van der Waals surface area contributed by atoms with E-state index in [9.17, 15) is 0 Å². The maximum Gasteiger partial charge on any atom is 0.0456 e. The number of hydrogen-bond acceptors (Lipinski definition) is 1. The number of hydrogen-bond donors (Lipinski definition) is 2. The van der Waals surface area contributed by atoms with E-state index in [1.54, 1.807) is 0 Å². The van der Waals surface area contributed by atoms with Crippen molar-refractivity contribution in [3.05, 3.63) is 36.0 Å². The predicted molar refractivity (Wildman–Crippen MR) is 58.2 cm³/mol. The summed E-state index contributed by atoms with van der Waals surface area (Å²) in [5, 5.41) is 4.81. The number of para-hydroxylation sites is 1. The Morgan fingerprint density at radius 2 is 2.14 bits per heavy atom. The van der Waals surface area contributed by atoms with Gasteiger partial charge in [0, 0.05) is 23.8 Å². The third kappa shape index (κ3) is 1.53. The first-order chi connectivity index (χ1) is 6.92. The highest BCUT2D eigenvalue weighted by Gasteiger charge is 2.20. The summed E-state index contributed by atoms with van der Waals surface area (Å²) in [7, 11) is 0. The molecular formula is C12H14N2. The molecule has 0 aliphatic heterocycles. The van der Waals surface area contributed by atoms with Crippen molar-refractivity contribution >= 4 is 10.9 Å². The lowest BCUT2D eigenvalue weighted by atomic mass is 10.2. The minimum absolute atomic E-state index is 0.779. The summed E-state index contributed by atoms with van der Waals surface area (Å²) in [6.07, 6.45) is 2.69. The molecule has 1 saturated carbocycles. The molecule has 0 unspecified atom stereocenters. The van der Waals surface area contributed by atoms with E-state index in [1.807, 2.05) is 0 Å². The van der Waals surface area contributed by atoms with Crippen LogP contribution in [0, 0.1) is 0 Å². The van der Waals surface area contributed by atoms with Crippen LogP contribution in [-0.4, -0.2) is 11.0 Å². The zero-order valence-corrected chi connectivity index (χ0v) is 8.09. The molecule has 72 valence electrons. The third-order valence-electron chi connectivity index (χ3n) is 2.74. The van der Waals surface area contributed by atoms with Gasteiger partial charge >= 0.3 is 0 Å². The number of H-pyrrole nitrogens is 1. The van der Waals surface area contributed by atoms with E-state index in [0.717, 1.165) is 12.6 Å². The Morgan fingerprint density at radius 3 is 2.93 bits per heavy atom. The van der Waals surface area contributed by atoms with Gasteiger partial charge in [0.1, 0.15) is 0 Å². The van der Waals surface area contributed by atoms with E-state index in [2.05, 4.69) is 40.6 Å². The molecule has 2 N–H and O–H groups in total. The Labute approximate surface area is 83.3 Å². The molecule has 14 heavy (non-hydrogen) atoms. The van der Waals surface area contributed by atoms with E-state index in [1.165, 1.54) is 29.4 Å². The summed E-state index contributed by atoms with van der Waals surface area (Å²) in [4.78, 5) is 3.42. The zero-order chi connectivity index (χ0) is 9.38. The summed E-state index contributed by atoms with van der Waals surface area (Å²) in [5.41, 5.74) is 2.53. The van der Waals surface area contributed by atoms with Crippen LogP contribution in [0.4, 0.5) is 0 Å². The largest absolute Gasteiger partial charge is 0.357 e. The van der Waals surface area contributed by atoms with E-state index in [4.69, 9.17) is 0 Å². The minimum atomic E-state index is 0.779. The predicted octanol–water partition coefficient (Wildman–Crippen LogP) is 2.42. The van der Waals surface area contributed by atoms with Crippen molar-refractivity contribution in [3.63, 3.8) is 0 Å². The van der Waals surface area contributed by atoms with Gasteiger partial charge in [0.25, 0.3) is 0 Å². The van der Waals surface area contributed by atoms with Crippen molar-refractivity contribution in [1.29, 1.82) is 0 Å². The molecule has 1 aliphatic carbocycles. The maximum atomic E-state index is 3.50. The van der Waals surface area contributed by atoms with Crippen LogP contribution < -0.4 is 5.32 Å². The Balaban J connectivity index is 1.82. The molecule has 0 amide bonds. The van der Waals surface area contributed by atoms with Gasteiger partial charge in [0.05, 0.1) is 0 Å². The summed E-state index contributed by atoms with van der Waals surface area (Å²) < 4.78 is 0. The second-order valence-corrected chi connectivity index (χ2v) is 4.04. The molecule has 0 bridgehead atoms. The topological polar surface area (TPSA) is 27.8 Å². The van der Waals surface area contributed by atoms with Crippen LogP contribution in [0.5, 0.6) is 0 Å². The summed E-state index contributed by atoms with van der Waals surface area (Å²) >= 11 is 0. The standard InChI is InChI=1S/C12H14N2/c1-2-4-12-9(3-1)7-11(14-12)8-13-10-5-6-10/h1-4,7,10,13-14H,5-6,8H2. The van der Waals surface area contributed by atoms with Crippen LogP contribution in [0.1, 0.15) is 18.5 Å². The summed E-state index contributed by atoms with van der Waals surface area (Å²) in [6, 6.07) is 11.4. The molecule has 0 atom stereocenters. The second kappa shape index (κ2) is 3.14. The Bertz CT molecular complexity index is 407. The van der Waals surface area contributed by atoms with Crippen molar-refractivity contribution in [3.8, 4) is 0 Å². The van der Waals surface area contributed by atoms with Gasteiger partial charge < -0.3 is 10.3 Å². The van der Waals surface area contributed by atoms with Gasteiger partial charge in [-0.2, -0.15) is 0 Å². The number of aromatic amines is 1. The fourth-order valence-electron chi connectivity index (χ4n) is 1.77. The van der Waals surface area contributed by atoms with Gasteiger partial charge in [-0.25, -0.2) is 0 Å². The quantitative estimate of drug-likeness (QED) is 0.757. The molecule has 0 radical (unpaired) electrons. The van der Waals surface area contributed by atoms with Gasteiger partial charge in [0.15, 0.2) is 0 Å². The Kier molecular flexibility index (Phi) is 1.81. The van der Waals surface area contributed by atoms with Crippen LogP contribution in [0.2, 0.25) is 0 Å². The molecular weight excluding hydrogens is 172 g/mol. The average Bonchev–Trinajstić information content (AvgIpc) is 2.94. The first kappa shape index (κ1) is 8.06. The molecule has 0 saturated heterocycles. The first-order valence-electron chi connectivity index (χ1n) is 5.22. The monoisotopic (exact) mass is 186 g/mol. The van der Waals surface area contributed by atoms with Gasteiger partial charge in [-0.1, -0.05) is 18.2 Å². The van der Waals surface area contributed by atoms with E-state index < -0.39 is 0 Å². The number of fused-ring (bicyclic) bond motifs is 1. The van der Waals surface area contributed by atoms with Crippen molar-refractivity contribution in [2.75, 3.05) is 0 Å². The van der Waals surface area contributed by atoms with Gasteiger partial charge in [0.2, 0.25) is 0 Å². The van der Waals surface area contributed by atoms with E-state index in [0.29, 0.717) is 0 Å². The lowest BCUT2D eigenvalue weighted by Crippen LogP contribution is -2.15. The molecule has 2 aromatic rings. The van der Waals surface area contributed by atoms with Gasteiger partial charge in [-0.15, -0.1) is 0 Å². The SMILES string of the molecule is c1ccc2[nH]c(CNC3CC3)cc2c1. The minimum Gasteiger partial charge on any atom is -0.357 e. The number of benzene rings is 1. The summed E-state index contributed by atoms with van der Waals surface area (Å²) in [5.74, 6) is 0. The molecule has 1 heterocycles. The molecule has 1 aromatic heterocycles. The highest BCUT2D eigenvalue weighted by molar-refractivity contribution is 5.80. The number of aromatic nitrogens is 1. The highest BCUT2D eigenvalue weighted by Crippen LogP contribution is 2.20. The van der Waals surface area contributed by atoms with Crippen LogP contribution in [0.15, 0.2) is 30.3 Å². The highest BCUT2D eigenvalue weighted by atomic mass is 15.0. The van der Waals surface area contributed by atoms with Crippen molar-refractivity contribution < 1.29 is 0 Å². The third-order valence-corrected chi connectivity index (χ3v) is 2.74. The van der Waals surface area contributed by atoms with Gasteiger partial charge in [-0.05, 0) is 30.4 Å². The van der Waals surface area contributed by atoms with Crippen LogP contribution in [0.25, 0.3) is 10.9 Å². The normalized spacial score (nSPS) is 16.3. The molecule has 1 aliphatic rings. The number of rotatable bonds is 3. The Morgan fingerprint density at radius 1 is 1.29 bits per heavy atom. The van der Waals surface area contributed by atoms with Crippen molar-refractivity contribution in [1.82, 2.24) is 10.3 Å². The molecule has 2 heteroatoms. The molecule has 2 nitrogen and oxygen atoms in total. The average molecular weight is 186 g/mol. The smallest absolute Gasteiger partial charge is 0.0456 e.